The summed E-state index contributed by atoms with van der Waals surface area (Å²) in [6.45, 7) is 1.38. The number of benzene rings is 1. The van der Waals surface area contributed by atoms with Gasteiger partial charge in [0.15, 0.2) is 17.7 Å². The standard InChI is InChI=1S/C17H18FN3O2/c18-13-5-1-3-11-9-15(23-16(11)13)17(22)21-8-2-4-12(10-21)14-6-7-19-20-14/h1,3,5-7,12,15H,2,4,8-10H2,(H,19,20)/t12-,15-/m1/s1. The van der Waals surface area contributed by atoms with E-state index in [-0.39, 0.29) is 17.6 Å². The summed E-state index contributed by atoms with van der Waals surface area (Å²) in [5, 5.41) is 6.98. The number of hydrogen-bond acceptors (Lipinski definition) is 3. The molecule has 1 amide bonds. The summed E-state index contributed by atoms with van der Waals surface area (Å²) in [4.78, 5) is 14.6. The Balaban J connectivity index is 1.47. The molecule has 1 aromatic carbocycles. The number of carbonyl (C=O) groups is 1. The Labute approximate surface area is 133 Å². The first-order valence-corrected chi connectivity index (χ1v) is 7.94. The number of aromatic amines is 1. The number of H-pyrrole nitrogens is 1. The van der Waals surface area contributed by atoms with Crippen molar-refractivity contribution in [2.75, 3.05) is 13.1 Å². The SMILES string of the molecule is O=C([C@H]1Cc2cccc(F)c2O1)N1CCC[C@@H](c2ccn[nH]2)C1. The third kappa shape index (κ3) is 2.58. The van der Waals surface area contributed by atoms with E-state index < -0.39 is 11.9 Å². The summed E-state index contributed by atoms with van der Waals surface area (Å²) in [6, 6.07) is 6.78. The van der Waals surface area contributed by atoms with Gasteiger partial charge < -0.3 is 9.64 Å². The highest BCUT2D eigenvalue weighted by Gasteiger charge is 2.36. The molecular weight excluding hydrogens is 297 g/mol. The molecule has 2 aliphatic heterocycles. The lowest BCUT2D eigenvalue weighted by Gasteiger charge is -2.33. The zero-order chi connectivity index (χ0) is 15.8. The van der Waals surface area contributed by atoms with E-state index in [0.717, 1.165) is 30.6 Å². The number of likely N-dealkylation sites (tertiary alicyclic amines) is 1. The van der Waals surface area contributed by atoms with Gasteiger partial charge >= 0.3 is 0 Å². The molecule has 0 saturated carbocycles. The number of piperidine rings is 1. The Hall–Kier alpha value is -2.37. The molecule has 23 heavy (non-hydrogen) atoms. The number of hydrogen-bond donors (Lipinski definition) is 1. The number of aromatic nitrogens is 2. The van der Waals surface area contributed by atoms with E-state index >= 15 is 0 Å². The lowest BCUT2D eigenvalue weighted by Crippen LogP contribution is -2.46. The van der Waals surface area contributed by atoms with E-state index in [9.17, 15) is 9.18 Å². The Kier molecular flexibility index (Phi) is 3.52. The Morgan fingerprint density at radius 1 is 1.39 bits per heavy atom. The van der Waals surface area contributed by atoms with Crippen LogP contribution in [0.25, 0.3) is 0 Å². The third-order valence-electron chi connectivity index (χ3n) is 4.68. The van der Waals surface area contributed by atoms with Crippen molar-refractivity contribution >= 4 is 5.91 Å². The predicted octanol–water partition coefficient (Wildman–Crippen LogP) is 2.26. The molecule has 2 aliphatic rings. The highest BCUT2D eigenvalue weighted by molar-refractivity contribution is 5.82. The van der Waals surface area contributed by atoms with Gasteiger partial charge in [0.2, 0.25) is 0 Å². The highest BCUT2D eigenvalue weighted by atomic mass is 19.1. The predicted molar refractivity (Wildman–Crippen MR) is 81.7 cm³/mol. The monoisotopic (exact) mass is 315 g/mol. The second kappa shape index (κ2) is 5.68. The third-order valence-corrected chi connectivity index (χ3v) is 4.68. The molecular formula is C17H18FN3O2. The first-order valence-electron chi connectivity index (χ1n) is 7.94. The van der Waals surface area contributed by atoms with E-state index in [1.54, 1.807) is 12.3 Å². The number of nitrogens with zero attached hydrogens (tertiary/aromatic N) is 2. The molecule has 1 fully saturated rings. The molecule has 5 nitrogen and oxygen atoms in total. The minimum absolute atomic E-state index is 0.0511. The minimum atomic E-state index is -0.609. The minimum Gasteiger partial charge on any atom is -0.477 e. The van der Waals surface area contributed by atoms with Crippen molar-refractivity contribution in [1.29, 1.82) is 0 Å². The van der Waals surface area contributed by atoms with Crippen LogP contribution in [-0.2, 0) is 11.2 Å². The fourth-order valence-corrected chi connectivity index (χ4v) is 3.50. The van der Waals surface area contributed by atoms with Crippen molar-refractivity contribution in [3.8, 4) is 5.75 Å². The molecule has 6 heteroatoms. The number of carbonyl (C=O) groups excluding carboxylic acids is 1. The van der Waals surface area contributed by atoms with Crippen LogP contribution >= 0.6 is 0 Å². The largest absolute Gasteiger partial charge is 0.477 e. The van der Waals surface area contributed by atoms with Crippen LogP contribution in [0.5, 0.6) is 5.75 Å². The molecule has 1 N–H and O–H groups in total. The molecule has 1 aromatic heterocycles. The van der Waals surface area contributed by atoms with Crippen LogP contribution < -0.4 is 4.74 Å². The maximum atomic E-state index is 13.8. The van der Waals surface area contributed by atoms with Gasteiger partial charge in [-0.2, -0.15) is 5.10 Å². The summed E-state index contributed by atoms with van der Waals surface area (Å²) in [6.07, 6.45) is 3.55. The van der Waals surface area contributed by atoms with Crippen LogP contribution in [0.1, 0.15) is 30.0 Å². The van der Waals surface area contributed by atoms with Gasteiger partial charge in [-0.25, -0.2) is 4.39 Å². The van der Waals surface area contributed by atoms with Gasteiger partial charge in [-0.1, -0.05) is 12.1 Å². The summed E-state index contributed by atoms with van der Waals surface area (Å²) >= 11 is 0. The molecule has 0 bridgehead atoms. The van der Waals surface area contributed by atoms with E-state index in [1.165, 1.54) is 6.07 Å². The molecule has 120 valence electrons. The molecule has 3 heterocycles. The zero-order valence-electron chi connectivity index (χ0n) is 12.7. The normalized spacial score (nSPS) is 23.4. The van der Waals surface area contributed by atoms with Crippen LogP contribution in [0.3, 0.4) is 0 Å². The van der Waals surface area contributed by atoms with Gasteiger partial charge in [0, 0.05) is 42.9 Å². The first kappa shape index (κ1) is 14.2. The fourth-order valence-electron chi connectivity index (χ4n) is 3.50. The zero-order valence-corrected chi connectivity index (χ0v) is 12.7. The number of fused-ring (bicyclic) bond motifs is 1. The topological polar surface area (TPSA) is 58.2 Å². The number of para-hydroxylation sites is 1. The van der Waals surface area contributed by atoms with E-state index in [2.05, 4.69) is 10.2 Å². The average molecular weight is 315 g/mol. The molecule has 2 aromatic rings. The van der Waals surface area contributed by atoms with E-state index in [1.807, 2.05) is 17.0 Å². The smallest absolute Gasteiger partial charge is 0.264 e. The van der Waals surface area contributed by atoms with Crippen molar-refractivity contribution in [2.45, 2.75) is 31.3 Å². The quantitative estimate of drug-likeness (QED) is 0.925. The number of amides is 1. The average Bonchev–Trinajstić information content (AvgIpc) is 3.24. The van der Waals surface area contributed by atoms with Crippen LogP contribution in [0.2, 0.25) is 0 Å². The van der Waals surface area contributed by atoms with Gasteiger partial charge in [-0.05, 0) is 25.0 Å². The van der Waals surface area contributed by atoms with E-state index in [4.69, 9.17) is 4.74 Å². The molecule has 0 unspecified atom stereocenters. The second-order valence-corrected chi connectivity index (χ2v) is 6.17. The Bertz CT molecular complexity index is 717. The first-order chi connectivity index (χ1) is 11.2. The summed E-state index contributed by atoms with van der Waals surface area (Å²) in [7, 11) is 0. The van der Waals surface area contributed by atoms with Crippen LogP contribution in [0.15, 0.2) is 30.5 Å². The maximum Gasteiger partial charge on any atom is 0.264 e. The maximum absolute atomic E-state index is 13.8. The molecule has 0 aliphatic carbocycles. The number of halogens is 1. The molecule has 0 radical (unpaired) electrons. The molecule has 1 saturated heterocycles. The van der Waals surface area contributed by atoms with Crippen LogP contribution in [0, 0.1) is 5.82 Å². The Morgan fingerprint density at radius 3 is 3.09 bits per heavy atom. The van der Waals surface area contributed by atoms with Crippen LogP contribution in [0.4, 0.5) is 4.39 Å². The van der Waals surface area contributed by atoms with Crippen LogP contribution in [-0.4, -0.2) is 40.2 Å². The highest BCUT2D eigenvalue weighted by Crippen LogP contribution is 2.33. The Morgan fingerprint density at radius 2 is 2.30 bits per heavy atom. The van der Waals surface area contributed by atoms with Crippen molar-refractivity contribution in [3.63, 3.8) is 0 Å². The van der Waals surface area contributed by atoms with Gasteiger partial charge in [0.25, 0.3) is 5.91 Å². The lowest BCUT2D eigenvalue weighted by molar-refractivity contribution is -0.139. The summed E-state index contributed by atoms with van der Waals surface area (Å²) in [5.74, 6) is 0.0558. The van der Waals surface area contributed by atoms with Crippen molar-refractivity contribution in [3.05, 3.63) is 47.5 Å². The summed E-state index contributed by atoms with van der Waals surface area (Å²) in [5.41, 5.74) is 1.83. The van der Waals surface area contributed by atoms with E-state index in [0.29, 0.717) is 13.0 Å². The van der Waals surface area contributed by atoms with Gasteiger partial charge in [0.05, 0.1) is 0 Å². The number of nitrogens with one attached hydrogen (secondary N) is 1. The van der Waals surface area contributed by atoms with Gasteiger partial charge in [0.1, 0.15) is 0 Å². The number of rotatable bonds is 2. The van der Waals surface area contributed by atoms with Gasteiger partial charge in [-0.15, -0.1) is 0 Å². The van der Waals surface area contributed by atoms with Crippen molar-refractivity contribution in [2.24, 2.45) is 0 Å². The molecule has 2 atom stereocenters. The fraction of sp³-hybridized carbons (Fsp3) is 0.412. The molecule has 4 rings (SSSR count). The van der Waals surface area contributed by atoms with Gasteiger partial charge in [-0.3, -0.25) is 9.89 Å². The summed E-state index contributed by atoms with van der Waals surface area (Å²) < 4.78 is 19.3. The van der Waals surface area contributed by atoms with Crippen molar-refractivity contribution in [1.82, 2.24) is 15.1 Å². The van der Waals surface area contributed by atoms with Crippen molar-refractivity contribution < 1.29 is 13.9 Å². The lowest BCUT2D eigenvalue weighted by atomic mass is 9.94. The second-order valence-electron chi connectivity index (χ2n) is 6.17. The molecule has 0 spiro atoms. The number of ether oxygens (including phenoxy) is 1.